The molecule has 0 spiro atoms. The lowest BCUT2D eigenvalue weighted by Crippen LogP contribution is -2.45. The van der Waals surface area contributed by atoms with Gasteiger partial charge in [0.2, 0.25) is 11.8 Å². The third-order valence-corrected chi connectivity index (χ3v) is 2.81. The number of nitrogens with two attached hydrogens (primary N) is 1. The van der Waals surface area contributed by atoms with E-state index in [4.69, 9.17) is 10.5 Å². The molecule has 0 aliphatic carbocycles. The molecule has 1 rings (SSSR count). The van der Waals surface area contributed by atoms with Crippen molar-refractivity contribution in [2.75, 3.05) is 6.61 Å². The maximum absolute atomic E-state index is 11.7. The van der Waals surface area contributed by atoms with Crippen LogP contribution in [-0.4, -0.2) is 30.2 Å². The summed E-state index contributed by atoms with van der Waals surface area (Å²) in [6.45, 7) is 1.56. The zero-order valence-electron chi connectivity index (χ0n) is 12.0. The summed E-state index contributed by atoms with van der Waals surface area (Å²) < 4.78 is 5.26. The Bertz CT molecular complexity index is 488. The minimum Gasteiger partial charge on any atom is -0.368 e. The lowest BCUT2D eigenvalue weighted by Gasteiger charge is -2.14. The van der Waals surface area contributed by atoms with E-state index in [0.717, 1.165) is 5.56 Å². The van der Waals surface area contributed by atoms with Crippen molar-refractivity contribution >= 4 is 17.6 Å². The van der Waals surface area contributed by atoms with E-state index in [2.05, 4.69) is 5.32 Å². The molecule has 6 nitrogen and oxygen atoms in total. The summed E-state index contributed by atoms with van der Waals surface area (Å²) in [6.07, 6.45) is 0.397. The van der Waals surface area contributed by atoms with E-state index in [1.807, 2.05) is 30.3 Å². The zero-order valence-corrected chi connectivity index (χ0v) is 12.0. The molecule has 0 aliphatic heterocycles. The number of amides is 2. The van der Waals surface area contributed by atoms with E-state index in [9.17, 15) is 14.4 Å². The fourth-order valence-corrected chi connectivity index (χ4v) is 1.70. The maximum Gasteiger partial charge on any atom is 0.246 e. The minimum absolute atomic E-state index is 0.0594. The van der Waals surface area contributed by atoms with Crippen LogP contribution in [-0.2, 0) is 25.7 Å². The maximum atomic E-state index is 11.7. The van der Waals surface area contributed by atoms with E-state index in [0.29, 0.717) is 6.61 Å². The Morgan fingerprint density at radius 3 is 2.48 bits per heavy atom. The van der Waals surface area contributed by atoms with Gasteiger partial charge in [-0.3, -0.25) is 9.59 Å². The van der Waals surface area contributed by atoms with E-state index < -0.39 is 17.9 Å². The molecule has 0 fully saturated rings. The number of Topliss-reactive ketones (excluding diaryl/α,β-unsaturated/α-hetero) is 1. The summed E-state index contributed by atoms with van der Waals surface area (Å²) in [5.74, 6) is -1.15. The molecule has 1 aromatic carbocycles. The number of ether oxygens (including phenoxy) is 1. The summed E-state index contributed by atoms with van der Waals surface area (Å²) in [4.78, 5) is 33.8. The SMILES string of the molecule is CC(=O)CC[C@@H](NC(=O)COCc1ccccc1)C(N)=O. The number of hydrogen-bond donors (Lipinski definition) is 2. The second kappa shape index (κ2) is 8.86. The highest BCUT2D eigenvalue weighted by atomic mass is 16.5. The highest BCUT2D eigenvalue weighted by Gasteiger charge is 2.18. The Morgan fingerprint density at radius 2 is 1.90 bits per heavy atom. The second-order valence-corrected chi connectivity index (χ2v) is 4.74. The number of carbonyl (C=O) groups excluding carboxylic acids is 3. The first-order chi connectivity index (χ1) is 9.99. The highest BCUT2D eigenvalue weighted by molar-refractivity contribution is 5.87. The van der Waals surface area contributed by atoms with Gasteiger partial charge < -0.3 is 20.6 Å². The zero-order chi connectivity index (χ0) is 15.7. The number of benzene rings is 1. The van der Waals surface area contributed by atoms with Crippen LogP contribution < -0.4 is 11.1 Å². The van der Waals surface area contributed by atoms with Crippen LogP contribution in [0.15, 0.2) is 30.3 Å². The first-order valence-electron chi connectivity index (χ1n) is 6.69. The number of carbonyl (C=O) groups is 3. The molecular weight excluding hydrogens is 272 g/mol. The van der Waals surface area contributed by atoms with Gasteiger partial charge in [0.25, 0.3) is 0 Å². The summed E-state index contributed by atoms with van der Waals surface area (Å²) in [5, 5.41) is 2.47. The Kier molecular flexibility index (Phi) is 7.11. The summed E-state index contributed by atoms with van der Waals surface area (Å²) in [5.41, 5.74) is 6.14. The molecule has 0 unspecified atom stereocenters. The molecule has 3 N–H and O–H groups in total. The average Bonchev–Trinajstić information content (AvgIpc) is 2.44. The molecule has 0 heterocycles. The van der Waals surface area contributed by atoms with Gasteiger partial charge in [-0.25, -0.2) is 0 Å². The van der Waals surface area contributed by atoms with Crippen LogP contribution in [0.1, 0.15) is 25.3 Å². The predicted octanol–water partition coefficient (Wildman–Crippen LogP) is 0.542. The first kappa shape index (κ1) is 16.8. The smallest absolute Gasteiger partial charge is 0.246 e. The second-order valence-electron chi connectivity index (χ2n) is 4.74. The third-order valence-electron chi connectivity index (χ3n) is 2.81. The normalized spacial score (nSPS) is 11.7. The van der Waals surface area contributed by atoms with Crippen LogP contribution in [0.25, 0.3) is 0 Å². The van der Waals surface area contributed by atoms with Gasteiger partial charge in [0.05, 0.1) is 6.61 Å². The molecule has 0 radical (unpaired) electrons. The Morgan fingerprint density at radius 1 is 1.24 bits per heavy atom. The van der Waals surface area contributed by atoms with Crippen molar-refractivity contribution in [2.24, 2.45) is 5.73 Å². The molecular formula is C15H20N2O4. The van der Waals surface area contributed by atoms with Crippen molar-refractivity contribution < 1.29 is 19.1 Å². The van der Waals surface area contributed by atoms with Crippen LogP contribution >= 0.6 is 0 Å². The quantitative estimate of drug-likeness (QED) is 0.694. The molecule has 0 saturated carbocycles. The summed E-state index contributed by atoms with van der Waals surface area (Å²) >= 11 is 0. The lowest BCUT2D eigenvalue weighted by atomic mass is 10.1. The van der Waals surface area contributed by atoms with Crippen molar-refractivity contribution in [2.45, 2.75) is 32.4 Å². The van der Waals surface area contributed by atoms with Crippen LogP contribution in [0.4, 0.5) is 0 Å². The van der Waals surface area contributed by atoms with Crippen molar-refractivity contribution in [3.63, 3.8) is 0 Å². The van der Waals surface area contributed by atoms with Gasteiger partial charge >= 0.3 is 0 Å². The van der Waals surface area contributed by atoms with Gasteiger partial charge in [0, 0.05) is 6.42 Å². The number of rotatable bonds is 9. The Balaban J connectivity index is 2.33. The van der Waals surface area contributed by atoms with Gasteiger partial charge in [-0.1, -0.05) is 30.3 Å². The highest BCUT2D eigenvalue weighted by Crippen LogP contribution is 2.01. The monoisotopic (exact) mass is 292 g/mol. The number of nitrogens with one attached hydrogen (secondary N) is 1. The Labute approximate surface area is 123 Å². The fraction of sp³-hybridized carbons (Fsp3) is 0.400. The Hall–Kier alpha value is -2.21. The molecule has 21 heavy (non-hydrogen) atoms. The van der Waals surface area contributed by atoms with E-state index in [-0.39, 0.29) is 25.2 Å². The van der Waals surface area contributed by atoms with Crippen molar-refractivity contribution in [1.82, 2.24) is 5.32 Å². The van der Waals surface area contributed by atoms with E-state index in [1.54, 1.807) is 0 Å². The molecule has 2 amide bonds. The number of hydrogen-bond acceptors (Lipinski definition) is 4. The standard InChI is InChI=1S/C15H20N2O4/c1-11(18)7-8-13(15(16)20)17-14(19)10-21-9-12-5-3-2-4-6-12/h2-6,13H,7-10H2,1H3,(H2,16,20)(H,17,19)/t13-/m1/s1. The minimum atomic E-state index is -0.846. The van der Waals surface area contributed by atoms with Gasteiger partial charge in [0.1, 0.15) is 18.4 Å². The molecule has 1 aromatic rings. The van der Waals surface area contributed by atoms with Gasteiger partial charge in [0.15, 0.2) is 0 Å². The number of primary amides is 1. The van der Waals surface area contributed by atoms with Crippen molar-refractivity contribution in [1.29, 1.82) is 0 Å². The first-order valence-corrected chi connectivity index (χ1v) is 6.69. The molecule has 114 valence electrons. The van der Waals surface area contributed by atoms with Crippen LogP contribution in [0.5, 0.6) is 0 Å². The topological polar surface area (TPSA) is 98.5 Å². The third kappa shape index (κ3) is 7.22. The van der Waals surface area contributed by atoms with Crippen LogP contribution in [0.3, 0.4) is 0 Å². The van der Waals surface area contributed by atoms with Gasteiger partial charge in [-0.2, -0.15) is 0 Å². The molecule has 0 bridgehead atoms. The van der Waals surface area contributed by atoms with Crippen molar-refractivity contribution in [3.05, 3.63) is 35.9 Å². The number of ketones is 1. The fourth-order valence-electron chi connectivity index (χ4n) is 1.70. The van der Waals surface area contributed by atoms with Gasteiger partial charge in [-0.15, -0.1) is 0 Å². The average molecular weight is 292 g/mol. The summed E-state index contributed by atoms with van der Waals surface area (Å²) in [7, 11) is 0. The van der Waals surface area contributed by atoms with Gasteiger partial charge in [-0.05, 0) is 18.9 Å². The summed E-state index contributed by atoms with van der Waals surface area (Å²) in [6, 6.07) is 8.57. The van der Waals surface area contributed by atoms with Crippen molar-refractivity contribution in [3.8, 4) is 0 Å². The molecule has 0 aliphatic rings. The lowest BCUT2D eigenvalue weighted by molar-refractivity contribution is -0.131. The largest absolute Gasteiger partial charge is 0.368 e. The molecule has 0 saturated heterocycles. The van der Waals surface area contributed by atoms with Crippen LogP contribution in [0, 0.1) is 0 Å². The van der Waals surface area contributed by atoms with E-state index in [1.165, 1.54) is 6.92 Å². The molecule has 6 heteroatoms. The van der Waals surface area contributed by atoms with Crippen LogP contribution in [0.2, 0.25) is 0 Å². The van der Waals surface area contributed by atoms with E-state index >= 15 is 0 Å². The molecule has 1 atom stereocenters. The predicted molar refractivity (Wildman–Crippen MR) is 77.1 cm³/mol. The molecule has 0 aromatic heterocycles.